The molecule has 1 saturated heterocycles. The minimum absolute atomic E-state index is 0.0789. The zero-order valence-corrected chi connectivity index (χ0v) is 12.1. The zero-order valence-electron chi connectivity index (χ0n) is 12.1. The molecular weight excluding hydrogens is 232 g/mol. The van der Waals surface area contributed by atoms with E-state index in [9.17, 15) is 0 Å². The van der Waals surface area contributed by atoms with Gasteiger partial charge in [-0.3, -0.25) is 0 Å². The smallest absolute Gasteiger partial charge is 0.0626 e. The molecule has 1 aliphatic heterocycles. The highest BCUT2D eigenvalue weighted by molar-refractivity contribution is 5.49. The van der Waals surface area contributed by atoms with Gasteiger partial charge in [0.25, 0.3) is 0 Å². The lowest BCUT2D eigenvalue weighted by atomic mass is 9.67. The molecule has 2 aliphatic rings. The van der Waals surface area contributed by atoms with Crippen LogP contribution in [-0.2, 0) is 12.0 Å². The number of nitrogens with two attached hydrogens (primary N) is 1. The first-order chi connectivity index (χ1) is 8.93. The minimum atomic E-state index is 0.0789. The van der Waals surface area contributed by atoms with Gasteiger partial charge in [0.2, 0.25) is 0 Å². The van der Waals surface area contributed by atoms with Crippen LogP contribution in [0.5, 0.6) is 0 Å². The van der Waals surface area contributed by atoms with E-state index in [0.29, 0.717) is 0 Å². The molecule has 0 saturated carbocycles. The first-order valence-corrected chi connectivity index (χ1v) is 7.29. The fourth-order valence-electron chi connectivity index (χ4n) is 3.56. The summed E-state index contributed by atoms with van der Waals surface area (Å²) in [6.45, 7) is 8.82. The number of allylic oxidation sites excluding steroid dienone is 1. The van der Waals surface area contributed by atoms with Gasteiger partial charge in [0, 0.05) is 16.8 Å². The number of anilines is 1. The van der Waals surface area contributed by atoms with Crippen LogP contribution in [-0.4, -0.2) is 0 Å². The standard InChI is InChI=1S/C17H24N2/c1-12-16(2,3)9-10-17(19-12)8-4-5-13-6-7-14(18)11-15(13)17/h6-7,11,19H,1,4-5,8-10,18H2,2-3H3/t17-/m0/s1. The summed E-state index contributed by atoms with van der Waals surface area (Å²) in [4.78, 5) is 0. The molecule has 0 amide bonds. The van der Waals surface area contributed by atoms with E-state index >= 15 is 0 Å². The molecule has 0 radical (unpaired) electrons. The molecule has 1 heterocycles. The number of nitrogens with one attached hydrogen (secondary N) is 1. The number of benzene rings is 1. The normalized spacial score (nSPS) is 28.8. The summed E-state index contributed by atoms with van der Waals surface area (Å²) < 4.78 is 0. The summed E-state index contributed by atoms with van der Waals surface area (Å²) in [5.41, 5.74) is 11.2. The largest absolute Gasteiger partial charge is 0.399 e. The van der Waals surface area contributed by atoms with E-state index in [1.54, 1.807) is 0 Å². The molecule has 1 atom stereocenters. The molecule has 1 fully saturated rings. The lowest BCUT2D eigenvalue weighted by molar-refractivity contribution is 0.176. The molecule has 2 heteroatoms. The Bertz CT molecular complexity index is 530. The van der Waals surface area contributed by atoms with E-state index < -0.39 is 0 Å². The van der Waals surface area contributed by atoms with Crippen molar-refractivity contribution in [2.24, 2.45) is 5.41 Å². The quantitative estimate of drug-likeness (QED) is 0.694. The van der Waals surface area contributed by atoms with Crippen molar-refractivity contribution >= 4 is 5.69 Å². The first kappa shape index (κ1) is 12.6. The van der Waals surface area contributed by atoms with E-state index in [1.165, 1.54) is 48.9 Å². The van der Waals surface area contributed by atoms with Gasteiger partial charge >= 0.3 is 0 Å². The van der Waals surface area contributed by atoms with Crippen molar-refractivity contribution in [3.63, 3.8) is 0 Å². The highest BCUT2D eigenvalue weighted by Gasteiger charge is 2.43. The molecule has 102 valence electrons. The highest BCUT2D eigenvalue weighted by atomic mass is 15.0. The second kappa shape index (κ2) is 4.03. The average molecular weight is 256 g/mol. The van der Waals surface area contributed by atoms with Crippen molar-refractivity contribution in [1.29, 1.82) is 0 Å². The second-order valence-electron chi connectivity index (χ2n) is 6.84. The second-order valence-corrected chi connectivity index (χ2v) is 6.84. The maximum Gasteiger partial charge on any atom is 0.0626 e. The summed E-state index contributed by atoms with van der Waals surface area (Å²) in [5, 5.41) is 3.76. The fourth-order valence-corrected chi connectivity index (χ4v) is 3.56. The van der Waals surface area contributed by atoms with Crippen LogP contribution in [0.4, 0.5) is 5.69 Å². The Morgan fingerprint density at radius 1 is 1.21 bits per heavy atom. The number of nitrogen functional groups attached to an aromatic ring is 1. The third kappa shape index (κ3) is 1.94. The van der Waals surface area contributed by atoms with Crippen LogP contribution in [0.15, 0.2) is 30.5 Å². The van der Waals surface area contributed by atoms with Crippen molar-refractivity contribution in [3.05, 3.63) is 41.6 Å². The van der Waals surface area contributed by atoms with Crippen LogP contribution >= 0.6 is 0 Å². The number of rotatable bonds is 0. The summed E-state index contributed by atoms with van der Waals surface area (Å²) in [7, 11) is 0. The molecule has 1 aliphatic carbocycles. The summed E-state index contributed by atoms with van der Waals surface area (Å²) in [6, 6.07) is 6.41. The van der Waals surface area contributed by atoms with E-state index in [1.807, 2.05) is 6.07 Å². The predicted molar refractivity (Wildman–Crippen MR) is 80.8 cm³/mol. The Morgan fingerprint density at radius 2 is 2.00 bits per heavy atom. The molecule has 2 nitrogen and oxygen atoms in total. The van der Waals surface area contributed by atoms with Crippen LogP contribution in [0.3, 0.4) is 0 Å². The number of aryl methyl sites for hydroxylation is 1. The summed E-state index contributed by atoms with van der Waals surface area (Å²) in [5.74, 6) is 0. The maximum absolute atomic E-state index is 6.01. The zero-order chi connectivity index (χ0) is 13.7. The molecule has 19 heavy (non-hydrogen) atoms. The van der Waals surface area contributed by atoms with E-state index in [0.717, 1.165) is 5.69 Å². The monoisotopic (exact) mass is 256 g/mol. The Morgan fingerprint density at radius 3 is 2.74 bits per heavy atom. The minimum Gasteiger partial charge on any atom is -0.399 e. The Labute approximate surface area is 116 Å². The number of piperidine rings is 1. The Hall–Kier alpha value is -1.44. The van der Waals surface area contributed by atoms with Crippen molar-refractivity contribution in [3.8, 4) is 0 Å². The maximum atomic E-state index is 6.01. The molecule has 0 unspecified atom stereocenters. The average Bonchev–Trinajstić information content (AvgIpc) is 2.36. The fraction of sp³-hybridized carbons (Fsp3) is 0.529. The van der Waals surface area contributed by atoms with Gasteiger partial charge in [-0.05, 0) is 55.4 Å². The first-order valence-electron chi connectivity index (χ1n) is 7.29. The van der Waals surface area contributed by atoms with Crippen LogP contribution in [0, 0.1) is 5.41 Å². The molecular formula is C17H24N2. The van der Waals surface area contributed by atoms with Gasteiger partial charge in [0.15, 0.2) is 0 Å². The summed E-state index contributed by atoms with van der Waals surface area (Å²) in [6.07, 6.45) is 5.98. The SMILES string of the molecule is C=C1N[C@@]2(CCCc3ccc(N)cc32)CCC1(C)C. The van der Waals surface area contributed by atoms with E-state index in [4.69, 9.17) is 5.73 Å². The highest BCUT2D eigenvalue weighted by Crippen LogP contribution is 2.47. The summed E-state index contributed by atoms with van der Waals surface area (Å²) >= 11 is 0. The van der Waals surface area contributed by atoms with E-state index in [2.05, 4.69) is 37.9 Å². The lowest BCUT2D eigenvalue weighted by Crippen LogP contribution is -2.51. The Kier molecular flexibility index (Phi) is 2.67. The lowest BCUT2D eigenvalue weighted by Gasteiger charge is -2.49. The van der Waals surface area contributed by atoms with Gasteiger partial charge in [-0.25, -0.2) is 0 Å². The van der Waals surface area contributed by atoms with Gasteiger partial charge in [-0.2, -0.15) is 0 Å². The predicted octanol–water partition coefficient (Wildman–Crippen LogP) is 3.72. The van der Waals surface area contributed by atoms with Crippen molar-refractivity contribution in [1.82, 2.24) is 5.32 Å². The number of fused-ring (bicyclic) bond motifs is 2. The van der Waals surface area contributed by atoms with Crippen molar-refractivity contribution in [2.75, 3.05) is 5.73 Å². The number of hydrogen-bond acceptors (Lipinski definition) is 2. The van der Waals surface area contributed by atoms with Gasteiger partial charge in [0.1, 0.15) is 0 Å². The molecule has 0 aromatic heterocycles. The third-order valence-electron chi connectivity index (χ3n) is 5.08. The molecule has 3 rings (SSSR count). The van der Waals surface area contributed by atoms with Crippen LogP contribution in [0.2, 0.25) is 0 Å². The van der Waals surface area contributed by atoms with Gasteiger partial charge in [-0.1, -0.05) is 26.5 Å². The molecule has 1 aromatic carbocycles. The molecule has 1 spiro atoms. The Balaban J connectivity index is 2.04. The van der Waals surface area contributed by atoms with E-state index in [-0.39, 0.29) is 11.0 Å². The van der Waals surface area contributed by atoms with Crippen molar-refractivity contribution in [2.45, 2.75) is 51.5 Å². The molecule has 1 aromatic rings. The van der Waals surface area contributed by atoms with Crippen LogP contribution < -0.4 is 11.1 Å². The topological polar surface area (TPSA) is 38.0 Å². The molecule has 0 bridgehead atoms. The van der Waals surface area contributed by atoms with Crippen LogP contribution in [0.25, 0.3) is 0 Å². The van der Waals surface area contributed by atoms with Gasteiger partial charge in [0.05, 0.1) is 5.54 Å². The molecule has 3 N–H and O–H groups in total. The van der Waals surface area contributed by atoms with Crippen LogP contribution in [0.1, 0.15) is 50.7 Å². The van der Waals surface area contributed by atoms with Gasteiger partial charge in [-0.15, -0.1) is 0 Å². The number of hydrogen-bond donors (Lipinski definition) is 2. The third-order valence-corrected chi connectivity index (χ3v) is 5.08. The van der Waals surface area contributed by atoms with Crippen molar-refractivity contribution < 1.29 is 0 Å². The van der Waals surface area contributed by atoms with Gasteiger partial charge < -0.3 is 11.1 Å².